The Morgan fingerprint density at radius 1 is 1.16 bits per heavy atom. The van der Waals surface area contributed by atoms with Crippen LogP contribution in [-0.2, 0) is 9.59 Å². The molecule has 31 heavy (non-hydrogen) atoms. The molecule has 1 amide bonds. The summed E-state index contributed by atoms with van der Waals surface area (Å²) in [4.78, 5) is 29.5. The molecule has 7 nitrogen and oxygen atoms in total. The van der Waals surface area contributed by atoms with E-state index >= 15 is 0 Å². The molecule has 0 saturated carbocycles. The maximum Gasteiger partial charge on any atom is 0.295 e. The van der Waals surface area contributed by atoms with Crippen molar-refractivity contribution in [2.45, 2.75) is 19.4 Å². The summed E-state index contributed by atoms with van der Waals surface area (Å²) in [6, 6.07) is 10.9. The molecule has 1 aliphatic rings. The summed E-state index contributed by atoms with van der Waals surface area (Å²) >= 11 is 0. The largest absolute Gasteiger partial charge is 0.508 e. The van der Waals surface area contributed by atoms with Gasteiger partial charge >= 0.3 is 0 Å². The summed E-state index contributed by atoms with van der Waals surface area (Å²) in [5.41, 5.74) is 1.76. The van der Waals surface area contributed by atoms with Crippen LogP contribution in [0, 0.1) is 6.92 Å². The number of methoxy groups -OCH3 is 1. The number of phenols is 1. The first-order valence-electron chi connectivity index (χ1n) is 10.1. The highest BCUT2D eigenvalue weighted by Crippen LogP contribution is 2.41. The second-order valence-electron chi connectivity index (χ2n) is 7.95. The van der Waals surface area contributed by atoms with Crippen molar-refractivity contribution in [3.05, 3.63) is 64.7 Å². The van der Waals surface area contributed by atoms with Gasteiger partial charge in [0.05, 0.1) is 24.3 Å². The number of hydrogen-bond donors (Lipinski definition) is 2. The first-order valence-corrected chi connectivity index (χ1v) is 10.1. The van der Waals surface area contributed by atoms with E-state index in [0.29, 0.717) is 29.8 Å². The predicted molar refractivity (Wildman–Crippen MR) is 118 cm³/mol. The zero-order valence-corrected chi connectivity index (χ0v) is 18.3. The minimum atomic E-state index is -0.806. The number of nitrogens with zero attached hydrogens (tertiary/aromatic N) is 2. The van der Waals surface area contributed by atoms with Crippen molar-refractivity contribution >= 4 is 17.4 Å². The molecule has 164 valence electrons. The molecule has 0 spiro atoms. The maximum absolute atomic E-state index is 13.1. The van der Waals surface area contributed by atoms with Gasteiger partial charge in [-0.05, 0) is 63.8 Å². The van der Waals surface area contributed by atoms with Gasteiger partial charge in [0.15, 0.2) is 0 Å². The molecule has 1 fully saturated rings. The standard InChI is InChI=1S/C24H28N2O5/c1-15-9-10-19(31-4)18(13-15)22(28)20-21(16-7-5-8-17(27)14-16)26(24(30)23(20)29)12-6-11-25(2)3/h5,7-10,13-14,21,27-28H,6,11-12H2,1-4H3/b22-20+. The first kappa shape index (κ1) is 22.4. The molecular weight excluding hydrogens is 396 g/mol. The van der Waals surface area contributed by atoms with E-state index in [2.05, 4.69) is 0 Å². The van der Waals surface area contributed by atoms with Crippen LogP contribution in [0.4, 0.5) is 0 Å². The monoisotopic (exact) mass is 424 g/mol. The fourth-order valence-corrected chi connectivity index (χ4v) is 3.86. The van der Waals surface area contributed by atoms with E-state index in [1.807, 2.05) is 32.0 Å². The molecule has 3 rings (SSSR count). The highest BCUT2D eigenvalue weighted by Gasteiger charge is 2.46. The van der Waals surface area contributed by atoms with Gasteiger partial charge in [0.25, 0.3) is 11.7 Å². The molecular formula is C24H28N2O5. The summed E-state index contributed by atoms with van der Waals surface area (Å²) in [6.07, 6.45) is 0.656. The van der Waals surface area contributed by atoms with Crippen LogP contribution in [0.3, 0.4) is 0 Å². The zero-order chi connectivity index (χ0) is 22.7. The van der Waals surface area contributed by atoms with E-state index < -0.39 is 17.7 Å². The average Bonchev–Trinajstić information content (AvgIpc) is 2.98. The van der Waals surface area contributed by atoms with E-state index in [4.69, 9.17) is 4.74 Å². The normalized spacial score (nSPS) is 18.1. The van der Waals surface area contributed by atoms with Crippen LogP contribution in [0.25, 0.3) is 5.76 Å². The number of Topliss-reactive ketones (excluding diaryl/α,β-unsaturated/α-hetero) is 1. The quantitative estimate of drug-likeness (QED) is 0.403. The van der Waals surface area contributed by atoms with Gasteiger partial charge in [-0.15, -0.1) is 0 Å². The van der Waals surface area contributed by atoms with Gasteiger partial charge in [0.2, 0.25) is 0 Å². The number of hydrogen-bond acceptors (Lipinski definition) is 6. The number of likely N-dealkylation sites (tertiary alicyclic amines) is 1. The number of aromatic hydroxyl groups is 1. The van der Waals surface area contributed by atoms with Crippen molar-refractivity contribution in [3.8, 4) is 11.5 Å². The minimum Gasteiger partial charge on any atom is -0.508 e. The molecule has 1 aliphatic heterocycles. The predicted octanol–water partition coefficient (Wildman–Crippen LogP) is 3.08. The highest BCUT2D eigenvalue weighted by molar-refractivity contribution is 6.46. The number of amides is 1. The van der Waals surface area contributed by atoms with E-state index in [9.17, 15) is 19.8 Å². The third-order valence-electron chi connectivity index (χ3n) is 5.34. The molecule has 0 bridgehead atoms. The smallest absolute Gasteiger partial charge is 0.295 e. The molecule has 0 aliphatic carbocycles. The number of phenolic OH excluding ortho intramolecular Hbond substituents is 1. The van der Waals surface area contributed by atoms with Crippen LogP contribution in [-0.4, -0.2) is 66.0 Å². The number of rotatable bonds is 7. The molecule has 0 aromatic heterocycles. The van der Waals surface area contributed by atoms with Crippen LogP contribution in [0.5, 0.6) is 11.5 Å². The Bertz CT molecular complexity index is 1030. The Hall–Kier alpha value is -3.32. The number of aliphatic hydroxyl groups excluding tert-OH is 1. The summed E-state index contributed by atoms with van der Waals surface area (Å²) in [7, 11) is 5.35. The molecule has 1 heterocycles. The van der Waals surface area contributed by atoms with Crippen LogP contribution in [0.15, 0.2) is 48.0 Å². The van der Waals surface area contributed by atoms with Crippen molar-refractivity contribution in [3.63, 3.8) is 0 Å². The number of ketones is 1. The third kappa shape index (κ3) is 4.56. The number of carbonyl (C=O) groups excluding carboxylic acids is 2. The van der Waals surface area contributed by atoms with Gasteiger partial charge in [-0.25, -0.2) is 0 Å². The molecule has 1 saturated heterocycles. The topological polar surface area (TPSA) is 90.3 Å². The Morgan fingerprint density at radius 3 is 2.55 bits per heavy atom. The molecule has 1 unspecified atom stereocenters. The fourth-order valence-electron chi connectivity index (χ4n) is 3.86. The lowest BCUT2D eigenvalue weighted by molar-refractivity contribution is -0.139. The number of ether oxygens (including phenoxy) is 1. The van der Waals surface area contributed by atoms with Gasteiger partial charge in [0, 0.05) is 6.54 Å². The van der Waals surface area contributed by atoms with Gasteiger partial charge < -0.3 is 24.7 Å². The summed E-state index contributed by atoms with van der Waals surface area (Å²) < 4.78 is 5.37. The molecule has 2 aromatic carbocycles. The maximum atomic E-state index is 13.1. The Kier molecular flexibility index (Phi) is 6.65. The van der Waals surface area contributed by atoms with E-state index in [0.717, 1.165) is 12.1 Å². The average molecular weight is 424 g/mol. The van der Waals surface area contributed by atoms with Crippen molar-refractivity contribution in [2.24, 2.45) is 0 Å². The molecule has 7 heteroatoms. The molecule has 0 radical (unpaired) electrons. The lowest BCUT2D eigenvalue weighted by atomic mass is 9.94. The summed E-state index contributed by atoms with van der Waals surface area (Å²) in [5.74, 6) is -1.29. The van der Waals surface area contributed by atoms with E-state index in [-0.39, 0.29) is 17.1 Å². The van der Waals surface area contributed by atoms with Gasteiger partial charge in [-0.3, -0.25) is 9.59 Å². The lowest BCUT2D eigenvalue weighted by Crippen LogP contribution is -2.32. The first-order chi connectivity index (χ1) is 14.7. The summed E-state index contributed by atoms with van der Waals surface area (Å²) in [5, 5.41) is 21.2. The van der Waals surface area contributed by atoms with Crippen molar-refractivity contribution < 1.29 is 24.5 Å². The molecule has 1 atom stereocenters. The van der Waals surface area contributed by atoms with Crippen LogP contribution < -0.4 is 4.74 Å². The molecule has 2 N–H and O–H groups in total. The SMILES string of the molecule is COc1ccc(C)cc1/C(O)=C1\C(=O)C(=O)N(CCCN(C)C)C1c1cccc(O)c1. The number of benzene rings is 2. The van der Waals surface area contributed by atoms with Gasteiger partial charge in [0.1, 0.15) is 17.3 Å². The lowest BCUT2D eigenvalue weighted by Gasteiger charge is -2.26. The highest BCUT2D eigenvalue weighted by atomic mass is 16.5. The van der Waals surface area contributed by atoms with E-state index in [1.165, 1.54) is 24.1 Å². The van der Waals surface area contributed by atoms with Crippen molar-refractivity contribution in [1.29, 1.82) is 0 Å². The second-order valence-corrected chi connectivity index (χ2v) is 7.95. The zero-order valence-electron chi connectivity index (χ0n) is 18.3. The van der Waals surface area contributed by atoms with Crippen molar-refractivity contribution in [2.75, 3.05) is 34.3 Å². The molecule has 2 aromatic rings. The fraction of sp³-hybridized carbons (Fsp3) is 0.333. The van der Waals surface area contributed by atoms with Gasteiger partial charge in [-0.2, -0.15) is 0 Å². The second kappa shape index (κ2) is 9.22. The van der Waals surface area contributed by atoms with Crippen molar-refractivity contribution in [1.82, 2.24) is 9.80 Å². The Balaban J connectivity index is 2.16. The van der Waals surface area contributed by atoms with Gasteiger partial charge in [-0.1, -0.05) is 23.8 Å². The Morgan fingerprint density at radius 2 is 1.90 bits per heavy atom. The van der Waals surface area contributed by atoms with E-state index in [1.54, 1.807) is 24.3 Å². The number of carbonyl (C=O) groups is 2. The number of aryl methyl sites for hydroxylation is 1. The van der Waals surface area contributed by atoms with Crippen LogP contribution >= 0.6 is 0 Å². The number of aliphatic hydroxyl groups is 1. The summed E-state index contributed by atoms with van der Waals surface area (Å²) in [6.45, 7) is 2.94. The van der Waals surface area contributed by atoms with Crippen LogP contribution in [0.1, 0.15) is 29.2 Å². The Labute approximate surface area is 182 Å². The van der Waals surface area contributed by atoms with Crippen LogP contribution in [0.2, 0.25) is 0 Å². The third-order valence-corrected chi connectivity index (χ3v) is 5.34. The minimum absolute atomic E-state index is 0.00986.